The van der Waals surface area contributed by atoms with Crippen molar-refractivity contribution in [1.29, 1.82) is 0 Å². The smallest absolute Gasteiger partial charge is 0.407 e. The molecule has 3 aromatic carbocycles. The number of nitrogens with two attached hydrogens (primary N) is 1. The Morgan fingerprint density at radius 2 is 1.50 bits per heavy atom. The Balaban J connectivity index is 1.35. The van der Waals surface area contributed by atoms with Crippen LogP contribution < -0.4 is 16.4 Å². The molecule has 0 fully saturated rings. The Bertz CT molecular complexity index is 1280. The lowest BCUT2D eigenvalue weighted by molar-refractivity contribution is -0.130. The zero-order valence-corrected chi connectivity index (χ0v) is 22.6. The van der Waals surface area contributed by atoms with Gasteiger partial charge < -0.3 is 21.1 Å². The van der Waals surface area contributed by atoms with Crippen LogP contribution in [0.5, 0.6) is 0 Å². The van der Waals surface area contributed by atoms with Crippen LogP contribution in [0.25, 0.3) is 0 Å². The summed E-state index contributed by atoms with van der Waals surface area (Å²) in [5.41, 5.74) is 7.49. The average molecular weight is 542 g/mol. The van der Waals surface area contributed by atoms with E-state index in [4.69, 9.17) is 15.5 Å². The fourth-order valence-electron chi connectivity index (χ4n) is 4.80. The van der Waals surface area contributed by atoms with Crippen LogP contribution in [-0.2, 0) is 26.3 Å². The van der Waals surface area contributed by atoms with Crippen molar-refractivity contribution in [1.82, 2.24) is 15.5 Å². The molecule has 0 saturated heterocycles. The second-order valence-electron chi connectivity index (χ2n) is 9.47. The van der Waals surface area contributed by atoms with E-state index in [0.717, 1.165) is 16.7 Å². The van der Waals surface area contributed by atoms with Crippen LogP contribution in [0.4, 0.5) is 4.79 Å². The third kappa shape index (κ3) is 6.48. The van der Waals surface area contributed by atoms with Crippen molar-refractivity contribution in [3.63, 3.8) is 0 Å². The number of benzene rings is 3. The monoisotopic (exact) mass is 541 g/mol. The number of rotatable bonds is 12. The van der Waals surface area contributed by atoms with Crippen LogP contribution in [0.1, 0.15) is 36.5 Å². The van der Waals surface area contributed by atoms with Crippen LogP contribution in [0.2, 0.25) is 0 Å². The van der Waals surface area contributed by atoms with E-state index in [2.05, 4.69) is 10.6 Å². The fraction of sp³-hybridized carbons (Fsp3) is 0.290. The first-order chi connectivity index (χ1) is 19.5. The highest BCUT2D eigenvalue weighted by Crippen LogP contribution is 2.39. The van der Waals surface area contributed by atoms with E-state index in [1.807, 2.05) is 91.0 Å². The van der Waals surface area contributed by atoms with Crippen molar-refractivity contribution in [3.05, 3.63) is 108 Å². The molecule has 0 aromatic heterocycles. The predicted octanol–water partition coefficient (Wildman–Crippen LogP) is 3.34. The van der Waals surface area contributed by atoms with Crippen molar-refractivity contribution < 1.29 is 19.1 Å². The summed E-state index contributed by atoms with van der Waals surface area (Å²) in [6.07, 6.45) is 0.892. The normalized spacial score (nSPS) is 14.8. The standard InChI is InChI=1S/C31H35N5O4/c1-2-40-30(39)34-26(22-23-14-6-3-7-15-23)27(37)33-20-12-13-21-36-28(38)31(35-29(36)32,24-16-8-4-9-17-24)25-18-10-5-11-19-25/h3-11,14-19,26H,2,12-13,20-22H2,1H3,(H2,32,35)(H,33,37)(H,34,39)/t26-/m0/s1. The van der Waals surface area contributed by atoms with Crippen molar-refractivity contribution >= 4 is 23.9 Å². The molecule has 0 bridgehead atoms. The molecule has 0 unspecified atom stereocenters. The first-order valence-corrected chi connectivity index (χ1v) is 13.5. The minimum atomic E-state index is -1.23. The molecule has 9 nitrogen and oxygen atoms in total. The largest absolute Gasteiger partial charge is 0.450 e. The van der Waals surface area contributed by atoms with Crippen LogP contribution in [0.15, 0.2) is 96.0 Å². The van der Waals surface area contributed by atoms with Gasteiger partial charge in [-0.25, -0.2) is 9.79 Å². The first-order valence-electron chi connectivity index (χ1n) is 13.5. The number of carbonyl (C=O) groups excluding carboxylic acids is 3. The molecular weight excluding hydrogens is 506 g/mol. The number of aliphatic imine (C=N–C) groups is 1. The molecule has 40 heavy (non-hydrogen) atoms. The number of nitrogens with one attached hydrogen (secondary N) is 2. The maximum Gasteiger partial charge on any atom is 0.407 e. The van der Waals surface area contributed by atoms with Crippen LogP contribution in [-0.4, -0.2) is 54.5 Å². The number of nitrogens with zero attached hydrogens (tertiary/aromatic N) is 2. The number of ether oxygens (including phenoxy) is 1. The molecule has 1 aliphatic heterocycles. The Morgan fingerprint density at radius 3 is 2.08 bits per heavy atom. The van der Waals surface area contributed by atoms with Crippen LogP contribution in [0, 0.1) is 0 Å². The van der Waals surface area contributed by atoms with E-state index in [1.165, 1.54) is 4.90 Å². The van der Waals surface area contributed by atoms with Gasteiger partial charge in [0.1, 0.15) is 6.04 Å². The Hall–Kier alpha value is -4.66. The second kappa shape index (κ2) is 13.4. The van der Waals surface area contributed by atoms with Gasteiger partial charge in [-0.2, -0.15) is 0 Å². The molecule has 1 atom stereocenters. The summed E-state index contributed by atoms with van der Waals surface area (Å²) >= 11 is 0. The molecule has 0 radical (unpaired) electrons. The Labute approximate surface area is 234 Å². The van der Waals surface area contributed by atoms with Crippen molar-refractivity contribution in [2.45, 2.75) is 37.8 Å². The summed E-state index contributed by atoms with van der Waals surface area (Å²) in [4.78, 5) is 45.0. The van der Waals surface area contributed by atoms with E-state index in [0.29, 0.717) is 32.4 Å². The summed E-state index contributed by atoms with van der Waals surface area (Å²) in [7, 11) is 0. The van der Waals surface area contributed by atoms with Gasteiger partial charge in [0.05, 0.1) is 6.61 Å². The number of hydrogen-bond donors (Lipinski definition) is 3. The van der Waals surface area contributed by atoms with Gasteiger partial charge in [0.25, 0.3) is 5.91 Å². The predicted molar refractivity (Wildman–Crippen MR) is 153 cm³/mol. The number of carbonyl (C=O) groups is 3. The zero-order chi connectivity index (χ0) is 28.4. The quantitative estimate of drug-likeness (QED) is 0.303. The van der Waals surface area contributed by atoms with E-state index < -0.39 is 17.7 Å². The highest BCUT2D eigenvalue weighted by atomic mass is 16.5. The minimum absolute atomic E-state index is 0.170. The minimum Gasteiger partial charge on any atom is -0.450 e. The van der Waals surface area contributed by atoms with Gasteiger partial charge in [0.2, 0.25) is 5.91 Å². The van der Waals surface area contributed by atoms with Gasteiger partial charge in [0, 0.05) is 19.5 Å². The molecule has 1 aliphatic rings. The zero-order valence-electron chi connectivity index (χ0n) is 22.6. The lowest BCUT2D eigenvalue weighted by Gasteiger charge is -2.27. The van der Waals surface area contributed by atoms with Gasteiger partial charge in [-0.05, 0) is 36.5 Å². The highest BCUT2D eigenvalue weighted by Gasteiger charge is 2.50. The number of unbranched alkanes of at least 4 members (excludes halogenated alkanes) is 1. The molecule has 0 aliphatic carbocycles. The van der Waals surface area contributed by atoms with E-state index in [9.17, 15) is 14.4 Å². The third-order valence-electron chi connectivity index (χ3n) is 6.77. The average Bonchev–Trinajstić information content (AvgIpc) is 3.24. The molecule has 208 valence electrons. The highest BCUT2D eigenvalue weighted by molar-refractivity contribution is 6.09. The molecule has 4 rings (SSSR count). The summed E-state index contributed by atoms with van der Waals surface area (Å²) in [5.74, 6) is -0.335. The molecule has 1 heterocycles. The maximum atomic E-state index is 13.8. The second-order valence-corrected chi connectivity index (χ2v) is 9.47. The van der Waals surface area contributed by atoms with Gasteiger partial charge in [-0.15, -0.1) is 0 Å². The van der Waals surface area contributed by atoms with Crippen molar-refractivity contribution in [3.8, 4) is 0 Å². The molecule has 9 heteroatoms. The van der Waals surface area contributed by atoms with Crippen LogP contribution >= 0.6 is 0 Å². The summed E-state index contributed by atoms with van der Waals surface area (Å²) < 4.78 is 4.97. The lowest BCUT2D eigenvalue weighted by Crippen LogP contribution is -2.48. The first kappa shape index (κ1) is 28.4. The van der Waals surface area contributed by atoms with Crippen molar-refractivity contribution in [2.24, 2.45) is 10.7 Å². The van der Waals surface area contributed by atoms with Gasteiger partial charge in [-0.1, -0.05) is 91.0 Å². The molecular formula is C31H35N5O4. The number of amides is 3. The van der Waals surface area contributed by atoms with Gasteiger partial charge >= 0.3 is 6.09 Å². The fourth-order valence-corrected chi connectivity index (χ4v) is 4.80. The SMILES string of the molecule is CCOC(=O)N[C@@H](Cc1ccccc1)C(=O)NCCCCN1C(=O)C(c2ccccc2)(c2ccccc2)N=C1N. The summed E-state index contributed by atoms with van der Waals surface area (Å²) in [5, 5.41) is 5.54. The van der Waals surface area contributed by atoms with E-state index >= 15 is 0 Å². The number of hydrogen-bond acceptors (Lipinski definition) is 6. The summed E-state index contributed by atoms with van der Waals surface area (Å²) in [6, 6.07) is 27.5. The molecule has 3 amide bonds. The molecule has 3 aromatic rings. The summed E-state index contributed by atoms with van der Waals surface area (Å²) in [6.45, 7) is 2.65. The maximum absolute atomic E-state index is 13.8. The van der Waals surface area contributed by atoms with E-state index in [-0.39, 0.29) is 24.4 Å². The Kier molecular flexibility index (Phi) is 9.51. The van der Waals surface area contributed by atoms with Crippen LogP contribution in [0.3, 0.4) is 0 Å². The number of guanidine groups is 1. The third-order valence-corrected chi connectivity index (χ3v) is 6.77. The lowest BCUT2D eigenvalue weighted by atomic mass is 9.83. The van der Waals surface area contributed by atoms with Gasteiger partial charge in [0.15, 0.2) is 11.5 Å². The van der Waals surface area contributed by atoms with E-state index in [1.54, 1.807) is 6.92 Å². The molecule has 0 spiro atoms. The Morgan fingerprint density at radius 1 is 0.925 bits per heavy atom. The number of alkyl carbamates (subject to hydrolysis) is 1. The topological polar surface area (TPSA) is 126 Å². The van der Waals surface area contributed by atoms with Gasteiger partial charge in [-0.3, -0.25) is 14.5 Å². The molecule has 0 saturated carbocycles. The molecule has 4 N–H and O–H groups in total. The van der Waals surface area contributed by atoms with Crippen molar-refractivity contribution in [2.75, 3.05) is 19.7 Å².